The number of para-hydroxylation sites is 2. The molecule has 2 aromatic carbocycles. The van der Waals surface area contributed by atoms with Gasteiger partial charge in [0.1, 0.15) is 34.5 Å². The molecule has 0 bridgehead atoms. The van der Waals surface area contributed by atoms with Crippen LogP contribution < -0.4 is 0 Å². The molecule has 6 heterocycles. The molecular formula is C32H23ClN6O2S2. The highest BCUT2D eigenvalue weighted by Gasteiger charge is 2.10. The van der Waals surface area contributed by atoms with Crippen molar-refractivity contribution in [1.82, 2.24) is 28.7 Å². The number of hydrogen-bond acceptors (Lipinski definition) is 8. The van der Waals surface area contributed by atoms with Gasteiger partial charge in [0, 0.05) is 47.7 Å². The fourth-order valence-electron chi connectivity index (χ4n) is 4.69. The first-order valence-electron chi connectivity index (χ1n) is 13.0. The summed E-state index contributed by atoms with van der Waals surface area (Å²) in [7, 11) is 0. The quantitative estimate of drug-likeness (QED) is 0.191. The van der Waals surface area contributed by atoms with Crippen molar-refractivity contribution in [2.75, 3.05) is 0 Å². The lowest BCUT2D eigenvalue weighted by Crippen LogP contribution is -1.97. The van der Waals surface area contributed by atoms with Crippen LogP contribution in [0, 0.1) is 0 Å². The lowest BCUT2D eigenvalue weighted by atomic mass is 10.2. The van der Waals surface area contributed by atoms with Crippen LogP contribution in [0.5, 0.6) is 0 Å². The summed E-state index contributed by atoms with van der Waals surface area (Å²) in [5.74, 6) is 1.74. The van der Waals surface area contributed by atoms with Crippen LogP contribution in [-0.4, -0.2) is 39.0 Å². The van der Waals surface area contributed by atoms with Gasteiger partial charge in [-0.2, -0.15) is 0 Å². The van der Waals surface area contributed by atoms with Gasteiger partial charge in [0.15, 0.2) is 0 Å². The molecule has 0 aliphatic carbocycles. The second kappa shape index (κ2) is 12.1. The van der Waals surface area contributed by atoms with E-state index in [1.165, 1.54) is 22.7 Å². The minimum Gasteiger partial charge on any atom is -0.506 e. The van der Waals surface area contributed by atoms with Gasteiger partial charge < -0.3 is 10.2 Å². The number of thiophene rings is 2. The zero-order valence-electron chi connectivity index (χ0n) is 22.3. The first-order chi connectivity index (χ1) is 20.7. The third kappa shape index (κ3) is 5.46. The number of benzene rings is 2. The van der Waals surface area contributed by atoms with Gasteiger partial charge in [-0.3, -0.25) is 8.80 Å². The van der Waals surface area contributed by atoms with E-state index in [1.807, 2.05) is 105 Å². The van der Waals surface area contributed by atoms with E-state index in [0.717, 1.165) is 42.9 Å². The maximum absolute atomic E-state index is 10.2. The number of rotatable bonds is 4. The van der Waals surface area contributed by atoms with Gasteiger partial charge in [0.05, 0.1) is 20.8 Å². The number of nitrogens with zero attached hydrogens (tertiary/aromatic N) is 6. The predicted octanol–water partition coefficient (Wildman–Crippen LogP) is 8.42. The molecule has 0 amide bonds. The van der Waals surface area contributed by atoms with Gasteiger partial charge in [-0.05, 0) is 47.2 Å². The van der Waals surface area contributed by atoms with Crippen LogP contribution in [-0.2, 0) is 0 Å². The minimum absolute atomic E-state index is 0. The summed E-state index contributed by atoms with van der Waals surface area (Å²) in [6, 6.07) is 23.3. The Bertz CT molecular complexity index is 2080. The Labute approximate surface area is 259 Å². The maximum atomic E-state index is 10.2. The van der Waals surface area contributed by atoms with Crippen molar-refractivity contribution < 1.29 is 10.2 Å². The molecule has 0 unspecified atom stereocenters. The Morgan fingerprint density at radius 3 is 1.47 bits per heavy atom. The van der Waals surface area contributed by atoms with E-state index in [0.29, 0.717) is 11.6 Å². The molecule has 0 saturated carbocycles. The summed E-state index contributed by atoms with van der Waals surface area (Å²) >= 11 is 2.98. The molecule has 8 rings (SSSR count). The highest BCUT2D eigenvalue weighted by atomic mass is 35.5. The summed E-state index contributed by atoms with van der Waals surface area (Å²) in [5.41, 5.74) is 3.40. The van der Waals surface area contributed by atoms with E-state index in [2.05, 4.69) is 19.9 Å². The standard InChI is InChI=1S/2C16H11N3OS.ClH/c2*20-13(14-6-3-9-21-14)10-15-18-12-5-2-1-4-11(12)16-17-7-8-19(15)16;/h2*1-10,20H;1H/b2*13-10-;. The van der Waals surface area contributed by atoms with Crippen molar-refractivity contribution in [3.8, 4) is 0 Å². The first-order valence-corrected chi connectivity index (χ1v) is 14.7. The fraction of sp³-hybridized carbons (Fsp3) is 0. The molecule has 43 heavy (non-hydrogen) atoms. The lowest BCUT2D eigenvalue weighted by molar-refractivity contribution is 0.516. The van der Waals surface area contributed by atoms with E-state index in [9.17, 15) is 10.2 Å². The largest absolute Gasteiger partial charge is 0.506 e. The summed E-state index contributed by atoms with van der Waals surface area (Å²) < 4.78 is 3.76. The number of hydrogen-bond donors (Lipinski definition) is 2. The van der Waals surface area contributed by atoms with Crippen molar-refractivity contribution in [3.63, 3.8) is 0 Å². The Hall–Kier alpha value is -5.03. The smallest absolute Gasteiger partial charge is 0.147 e. The number of halogens is 1. The Morgan fingerprint density at radius 1 is 0.605 bits per heavy atom. The molecule has 8 aromatic rings. The number of fused-ring (bicyclic) bond motifs is 6. The normalized spacial score (nSPS) is 12.0. The number of aliphatic hydroxyl groups excluding tert-OH is 2. The lowest BCUT2D eigenvalue weighted by Gasteiger charge is -2.05. The molecule has 0 fully saturated rings. The molecule has 0 radical (unpaired) electrons. The monoisotopic (exact) mass is 622 g/mol. The van der Waals surface area contributed by atoms with Gasteiger partial charge in [-0.1, -0.05) is 36.4 Å². The topological polar surface area (TPSA) is 101 Å². The van der Waals surface area contributed by atoms with Crippen molar-refractivity contribution in [2.45, 2.75) is 0 Å². The van der Waals surface area contributed by atoms with Crippen LogP contribution in [0.1, 0.15) is 21.4 Å². The van der Waals surface area contributed by atoms with Crippen LogP contribution in [0.15, 0.2) is 108 Å². The van der Waals surface area contributed by atoms with Crippen LogP contribution in [0.3, 0.4) is 0 Å². The molecule has 0 spiro atoms. The second-order valence-electron chi connectivity index (χ2n) is 9.23. The summed E-state index contributed by atoms with van der Waals surface area (Å²) in [5, 5.41) is 26.3. The van der Waals surface area contributed by atoms with E-state index in [-0.39, 0.29) is 23.9 Å². The Morgan fingerprint density at radius 2 is 1.05 bits per heavy atom. The second-order valence-corrected chi connectivity index (χ2v) is 11.1. The molecule has 6 aromatic heterocycles. The van der Waals surface area contributed by atoms with Gasteiger partial charge in [0.2, 0.25) is 0 Å². The van der Waals surface area contributed by atoms with Crippen LogP contribution in [0.25, 0.3) is 56.8 Å². The Kier molecular flexibility index (Phi) is 7.89. The number of imidazole rings is 2. The fourth-order valence-corrected chi connectivity index (χ4v) is 5.97. The average Bonchev–Trinajstić information content (AvgIpc) is 3.84. The molecular weight excluding hydrogens is 600 g/mol. The summed E-state index contributed by atoms with van der Waals surface area (Å²) in [4.78, 5) is 19.7. The highest BCUT2D eigenvalue weighted by Crippen LogP contribution is 2.24. The summed E-state index contributed by atoms with van der Waals surface area (Å²) in [6.45, 7) is 0. The van der Waals surface area contributed by atoms with Gasteiger partial charge in [-0.25, -0.2) is 19.9 Å². The van der Waals surface area contributed by atoms with E-state index < -0.39 is 0 Å². The van der Waals surface area contributed by atoms with E-state index in [4.69, 9.17) is 0 Å². The molecule has 0 saturated heterocycles. The Balaban J connectivity index is 0.000000150. The predicted molar refractivity (Wildman–Crippen MR) is 178 cm³/mol. The molecule has 212 valence electrons. The molecule has 0 aliphatic heterocycles. The third-order valence-electron chi connectivity index (χ3n) is 6.61. The van der Waals surface area contributed by atoms with Crippen molar-refractivity contribution >= 4 is 91.9 Å². The SMILES string of the molecule is Cl.O/C(=C\c1nc2ccccc2c2nccn12)c1cccs1.O/C(=C\c1nc2ccccc2c2nccn12)c1cccs1. The molecule has 2 N–H and O–H groups in total. The van der Waals surface area contributed by atoms with E-state index in [1.54, 1.807) is 24.5 Å². The van der Waals surface area contributed by atoms with Gasteiger partial charge in [-0.15, -0.1) is 35.1 Å². The minimum atomic E-state index is 0. The van der Waals surface area contributed by atoms with Crippen LogP contribution in [0.2, 0.25) is 0 Å². The van der Waals surface area contributed by atoms with Crippen LogP contribution >= 0.6 is 35.1 Å². The molecule has 0 aliphatic rings. The third-order valence-corrected chi connectivity index (χ3v) is 8.40. The molecule has 8 nitrogen and oxygen atoms in total. The van der Waals surface area contributed by atoms with Crippen molar-refractivity contribution in [3.05, 3.63) is 130 Å². The zero-order chi connectivity index (χ0) is 28.5. The highest BCUT2D eigenvalue weighted by molar-refractivity contribution is 7.11. The van der Waals surface area contributed by atoms with Crippen molar-refractivity contribution in [1.29, 1.82) is 0 Å². The van der Waals surface area contributed by atoms with E-state index >= 15 is 0 Å². The first kappa shape index (κ1) is 28.1. The van der Waals surface area contributed by atoms with Gasteiger partial charge >= 0.3 is 0 Å². The number of aliphatic hydroxyl groups is 2. The van der Waals surface area contributed by atoms with Crippen molar-refractivity contribution in [2.24, 2.45) is 0 Å². The zero-order valence-corrected chi connectivity index (χ0v) is 24.8. The number of aromatic nitrogens is 6. The molecule has 11 heteroatoms. The maximum Gasteiger partial charge on any atom is 0.147 e. The molecule has 0 atom stereocenters. The average molecular weight is 623 g/mol. The van der Waals surface area contributed by atoms with Crippen LogP contribution in [0.4, 0.5) is 0 Å². The summed E-state index contributed by atoms with van der Waals surface area (Å²) in [6.07, 6.45) is 10.5. The van der Waals surface area contributed by atoms with Gasteiger partial charge in [0.25, 0.3) is 0 Å².